The van der Waals surface area contributed by atoms with Crippen molar-refractivity contribution in [1.82, 2.24) is 15.5 Å². The van der Waals surface area contributed by atoms with E-state index in [1.165, 1.54) is 4.90 Å². The van der Waals surface area contributed by atoms with Crippen LogP contribution in [0.1, 0.15) is 29.3 Å². The zero-order valence-electron chi connectivity index (χ0n) is 16.4. The summed E-state index contributed by atoms with van der Waals surface area (Å²) in [5.41, 5.74) is 0.565. The lowest BCUT2D eigenvalue weighted by Crippen LogP contribution is -2.41. The van der Waals surface area contributed by atoms with Gasteiger partial charge in [-0.15, -0.1) is 0 Å². The minimum atomic E-state index is -0.980. The summed E-state index contributed by atoms with van der Waals surface area (Å²) >= 11 is 5.82. The summed E-state index contributed by atoms with van der Waals surface area (Å²) in [4.78, 5) is 37.7. The van der Waals surface area contributed by atoms with Crippen LogP contribution in [0.4, 0.5) is 8.78 Å². The molecule has 160 valence electrons. The van der Waals surface area contributed by atoms with Crippen LogP contribution in [0.25, 0.3) is 0 Å². The fourth-order valence-electron chi connectivity index (χ4n) is 2.62. The zero-order valence-corrected chi connectivity index (χ0v) is 17.1. The topological polar surface area (TPSA) is 78.5 Å². The molecule has 0 spiro atoms. The van der Waals surface area contributed by atoms with Gasteiger partial charge in [-0.1, -0.05) is 23.7 Å². The van der Waals surface area contributed by atoms with Gasteiger partial charge in [-0.3, -0.25) is 14.4 Å². The third kappa shape index (κ3) is 7.11. The maximum Gasteiger partial charge on any atom is 0.254 e. The van der Waals surface area contributed by atoms with E-state index in [1.54, 1.807) is 31.2 Å². The molecule has 0 saturated carbocycles. The molecule has 0 aromatic heterocycles. The Kier molecular flexibility index (Phi) is 8.73. The van der Waals surface area contributed by atoms with E-state index in [-0.39, 0.29) is 36.9 Å². The summed E-state index contributed by atoms with van der Waals surface area (Å²) in [7, 11) is 0. The molecule has 9 heteroatoms. The quantitative estimate of drug-likeness (QED) is 0.633. The van der Waals surface area contributed by atoms with E-state index in [9.17, 15) is 23.2 Å². The van der Waals surface area contributed by atoms with Crippen LogP contribution in [-0.4, -0.2) is 42.3 Å². The Morgan fingerprint density at radius 3 is 2.37 bits per heavy atom. The number of rotatable bonds is 9. The lowest BCUT2D eigenvalue weighted by atomic mass is 10.2. The van der Waals surface area contributed by atoms with E-state index in [0.717, 1.165) is 17.7 Å². The third-order valence-corrected chi connectivity index (χ3v) is 4.52. The average molecular weight is 438 g/mol. The first kappa shape index (κ1) is 23.3. The molecule has 0 aliphatic rings. The number of hydrogen-bond donors (Lipinski definition) is 2. The fraction of sp³-hybridized carbons (Fsp3) is 0.286. The predicted octanol–water partition coefficient (Wildman–Crippen LogP) is 2.90. The second kappa shape index (κ2) is 11.3. The normalized spacial score (nSPS) is 10.4. The Balaban J connectivity index is 1.77. The monoisotopic (exact) mass is 437 g/mol. The largest absolute Gasteiger partial charge is 0.351 e. The number of carbonyl (C=O) groups excluding carboxylic acids is 3. The van der Waals surface area contributed by atoms with Crippen LogP contribution in [0.2, 0.25) is 5.02 Å². The molecule has 2 aromatic carbocycles. The number of likely N-dealkylation sites (N-methyl/N-ethyl adjacent to an activating group) is 1. The van der Waals surface area contributed by atoms with Gasteiger partial charge in [-0.2, -0.15) is 0 Å². The maximum atomic E-state index is 13.6. The van der Waals surface area contributed by atoms with Crippen molar-refractivity contribution in [2.45, 2.75) is 19.9 Å². The fourth-order valence-corrected chi connectivity index (χ4v) is 2.74. The summed E-state index contributed by atoms with van der Waals surface area (Å²) < 4.78 is 26.5. The highest BCUT2D eigenvalue weighted by Crippen LogP contribution is 2.10. The molecule has 0 aliphatic carbocycles. The molecule has 0 radical (unpaired) electrons. The smallest absolute Gasteiger partial charge is 0.254 e. The minimum Gasteiger partial charge on any atom is -0.351 e. The van der Waals surface area contributed by atoms with Crippen molar-refractivity contribution < 1.29 is 23.2 Å². The van der Waals surface area contributed by atoms with Crippen molar-refractivity contribution in [3.8, 4) is 0 Å². The van der Waals surface area contributed by atoms with Crippen LogP contribution in [0.5, 0.6) is 0 Å². The van der Waals surface area contributed by atoms with Gasteiger partial charge in [0.25, 0.3) is 5.91 Å². The van der Waals surface area contributed by atoms with Crippen LogP contribution in [0.15, 0.2) is 42.5 Å². The molecule has 0 heterocycles. The molecule has 0 unspecified atom stereocenters. The zero-order chi connectivity index (χ0) is 22.1. The van der Waals surface area contributed by atoms with Crippen molar-refractivity contribution in [3.63, 3.8) is 0 Å². The predicted molar refractivity (Wildman–Crippen MR) is 109 cm³/mol. The Morgan fingerprint density at radius 2 is 1.73 bits per heavy atom. The van der Waals surface area contributed by atoms with Gasteiger partial charge in [0, 0.05) is 37.1 Å². The Hall–Kier alpha value is -3.00. The Labute approximate surface area is 178 Å². The highest BCUT2D eigenvalue weighted by molar-refractivity contribution is 6.30. The van der Waals surface area contributed by atoms with Gasteiger partial charge in [-0.05, 0) is 36.8 Å². The van der Waals surface area contributed by atoms with Crippen LogP contribution in [0.3, 0.4) is 0 Å². The molecule has 3 amide bonds. The van der Waals surface area contributed by atoms with Crippen LogP contribution in [-0.2, 0) is 16.1 Å². The first-order valence-electron chi connectivity index (χ1n) is 9.32. The number of amides is 3. The molecule has 0 atom stereocenters. The second-order valence-corrected chi connectivity index (χ2v) is 6.88. The lowest BCUT2D eigenvalue weighted by Gasteiger charge is -2.20. The number of halogens is 3. The molecule has 2 aromatic rings. The Morgan fingerprint density at radius 1 is 1.03 bits per heavy atom. The van der Waals surface area contributed by atoms with E-state index >= 15 is 0 Å². The SMILES string of the molecule is CCN(CC(=O)NCc1ccc(Cl)cc1)C(=O)CCNC(=O)c1ccc(F)cc1F. The number of carbonyl (C=O) groups is 3. The van der Waals surface area contributed by atoms with Gasteiger partial charge < -0.3 is 15.5 Å². The minimum absolute atomic E-state index is 0.0443. The molecule has 2 rings (SSSR count). The first-order chi connectivity index (χ1) is 14.3. The highest BCUT2D eigenvalue weighted by Gasteiger charge is 2.17. The number of nitrogens with zero attached hydrogens (tertiary/aromatic N) is 1. The van der Waals surface area contributed by atoms with Crippen molar-refractivity contribution >= 4 is 29.3 Å². The van der Waals surface area contributed by atoms with E-state index in [4.69, 9.17) is 11.6 Å². The molecule has 0 aliphatic heterocycles. The molecular weight excluding hydrogens is 416 g/mol. The highest BCUT2D eigenvalue weighted by atomic mass is 35.5. The van der Waals surface area contributed by atoms with Crippen LogP contribution >= 0.6 is 11.6 Å². The molecular formula is C21H22ClF2N3O3. The van der Waals surface area contributed by atoms with Gasteiger partial charge in [0.2, 0.25) is 11.8 Å². The maximum absolute atomic E-state index is 13.6. The van der Waals surface area contributed by atoms with Crippen molar-refractivity contribution in [2.75, 3.05) is 19.6 Å². The lowest BCUT2D eigenvalue weighted by molar-refractivity contribution is -0.135. The van der Waals surface area contributed by atoms with Gasteiger partial charge in [-0.25, -0.2) is 8.78 Å². The molecule has 0 bridgehead atoms. The standard InChI is InChI=1S/C21H22ClF2N3O3/c1-2-27(13-19(28)26-12-14-3-5-15(22)6-4-14)20(29)9-10-25-21(30)17-8-7-16(23)11-18(17)24/h3-8,11H,2,9-10,12-13H2,1H3,(H,25,30)(H,26,28). The number of nitrogens with one attached hydrogen (secondary N) is 2. The van der Waals surface area contributed by atoms with Crippen LogP contribution in [0, 0.1) is 11.6 Å². The number of benzene rings is 2. The molecule has 2 N–H and O–H groups in total. The van der Waals surface area contributed by atoms with Crippen LogP contribution < -0.4 is 10.6 Å². The molecule has 0 fully saturated rings. The van der Waals surface area contributed by atoms with Gasteiger partial charge in [0.1, 0.15) is 11.6 Å². The summed E-state index contributed by atoms with van der Waals surface area (Å²) in [6, 6.07) is 9.64. The third-order valence-electron chi connectivity index (χ3n) is 4.27. The average Bonchev–Trinajstić information content (AvgIpc) is 2.71. The van der Waals surface area contributed by atoms with Gasteiger partial charge in [0.15, 0.2) is 0 Å². The summed E-state index contributed by atoms with van der Waals surface area (Å²) in [5, 5.41) is 5.74. The summed E-state index contributed by atoms with van der Waals surface area (Å²) in [5.74, 6) is -3.17. The van der Waals surface area contributed by atoms with Gasteiger partial charge >= 0.3 is 0 Å². The molecule has 0 saturated heterocycles. The summed E-state index contributed by atoms with van der Waals surface area (Å²) in [6.45, 7) is 2.19. The second-order valence-electron chi connectivity index (χ2n) is 6.44. The number of hydrogen-bond acceptors (Lipinski definition) is 3. The van der Waals surface area contributed by atoms with Crippen molar-refractivity contribution in [3.05, 3.63) is 70.2 Å². The molecule has 30 heavy (non-hydrogen) atoms. The summed E-state index contributed by atoms with van der Waals surface area (Å²) in [6.07, 6.45) is -0.0626. The van der Waals surface area contributed by atoms with Gasteiger partial charge in [0.05, 0.1) is 12.1 Å². The van der Waals surface area contributed by atoms with E-state index in [2.05, 4.69) is 10.6 Å². The van der Waals surface area contributed by atoms with Crippen molar-refractivity contribution in [1.29, 1.82) is 0 Å². The molecule has 6 nitrogen and oxygen atoms in total. The van der Waals surface area contributed by atoms with E-state index in [1.807, 2.05) is 0 Å². The van der Waals surface area contributed by atoms with E-state index in [0.29, 0.717) is 24.2 Å². The van der Waals surface area contributed by atoms with E-state index < -0.39 is 17.5 Å². The van der Waals surface area contributed by atoms with Crippen molar-refractivity contribution in [2.24, 2.45) is 0 Å². The Bertz CT molecular complexity index is 907. The first-order valence-corrected chi connectivity index (χ1v) is 9.70.